The molecule has 5 heterocycles. The van der Waals surface area contributed by atoms with Crippen LogP contribution in [0.25, 0.3) is 22.9 Å². The van der Waals surface area contributed by atoms with Gasteiger partial charge in [-0.2, -0.15) is 27.9 Å². The standard InChI is InChI=1S/C24H24N8O3.C2HF3O2/c1-15-5-3-4-6-17-11-16(7-10-27-17)21-22(29-23(15)34)24(31-14-25-9-8-20(31)33)32(30-21)18-12-26-13-19(28-18)35-2;3-2(4,5)1(6)7/h7-15H,3-6H2,1-2H3,(H,29,34);(H,6,7). The zero-order chi connectivity index (χ0) is 30.4. The number of carboxylic acid groups (broad SMARTS) is 1. The average Bonchev–Trinajstić information content (AvgIpc) is 3.33. The van der Waals surface area contributed by atoms with Crippen molar-refractivity contribution in [1.82, 2.24) is 34.3 Å². The lowest BCUT2D eigenvalue weighted by Gasteiger charge is -2.16. The van der Waals surface area contributed by atoms with Crippen molar-refractivity contribution in [2.45, 2.75) is 38.8 Å². The zero-order valence-corrected chi connectivity index (χ0v) is 22.4. The number of methoxy groups -OCH3 is 1. The van der Waals surface area contributed by atoms with Crippen LogP contribution in [0.4, 0.5) is 18.9 Å². The Bertz CT molecular complexity index is 1650. The molecule has 0 saturated heterocycles. The van der Waals surface area contributed by atoms with Crippen LogP contribution in [0.15, 0.2) is 54.1 Å². The summed E-state index contributed by atoms with van der Waals surface area (Å²) in [4.78, 5) is 52.3. The highest BCUT2D eigenvalue weighted by atomic mass is 19.4. The third-order valence-corrected chi connectivity index (χ3v) is 6.19. The summed E-state index contributed by atoms with van der Waals surface area (Å²) in [6, 6.07) is 5.12. The van der Waals surface area contributed by atoms with E-state index in [-0.39, 0.29) is 29.1 Å². The number of rotatable bonds is 3. The highest BCUT2D eigenvalue weighted by molar-refractivity contribution is 5.98. The molecule has 2 bridgehead atoms. The number of carbonyl (C=O) groups is 2. The fraction of sp³-hybridized carbons (Fsp3) is 0.308. The maximum Gasteiger partial charge on any atom is 0.490 e. The number of amides is 1. The SMILES string of the molecule is COc1cncc(-n2nc3c(c2-n2cnccc2=O)NC(=O)C(C)CCCCc2cc-3ccn2)n1.O=C(O)C(F)(F)F. The molecule has 4 aromatic rings. The van der Waals surface area contributed by atoms with E-state index in [1.54, 1.807) is 6.20 Å². The Labute approximate surface area is 236 Å². The first-order valence-electron chi connectivity index (χ1n) is 12.6. The van der Waals surface area contributed by atoms with Gasteiger partial charge in [-0.05, 0) is 31.4 Å². The summed E-state index contributed by atoms with van der Waals surface area (Å²) in [5.41, 5.74) is 2.20. The van der Waals surface area contributed by atoms with Crippen LogP contribution >= 0.6 is 0 Å². The molecule has 1 amide bonds. The number of halogens is 3. The van der Waals surface area contributed by atoms with Gasteiger partial charge in [0, 0.05) is 35.6 Å². The second kappa shape index (κ2) is 12.6. The minimum atomic E-state index is -5.08. The van der Waals surface area contributed by atoms with Gasteiger partial charge in [-0.1, -0.05) is 13.3 Å². The Morgan fingerprint density at radius 2 is 1.90 bits per heavy atom. The number of nitrogens with one attached hydrogen (secondary N) is 1. The summed E-state index contributed by atoms with van der Waals surface area (Å²) in [5, 5.41) is 15.0. The number of aryl methyl sites for hydroxylation is 1. The molecular formula is C26H25F3N8O5. The highest BCUT2D eigenvalue weighted by Crippen LogP contribution is 2.35. The van der Waals surface area contributed by atoms with Gasteiger partial charge in [0.1, 0.15) is 17.7 Å². The fourth-order valence-corrected chi connectivity index (χ4v) is 4.05. The lowest BCUT2D eigenvalue weighted by atomic mass is 10.00. The number of nitrogens with zero attached hydrogens (tertiary/aromatic N) is 7. The highest BCUT2D eigenvalue weighted by Gasteiger charge is 2.38. The molecule has 0 saturated carbocycles. The van der Waals surface area contributed by atoms with E-state index in [9.17, 15) is 22.8 Å². The van der Waals surface area contributed by atoms with Crippen molar-refractivity contribution in [2.75, 3.05) is 12.4 Å². The van der Waals surface area contributed by atoms with Crippen LogP contribution in [-0.2, 0) is 16.0 Å². The van der Waals surface area contributed by atoms with Crippen LogP contribution in [0.3, 0.4) is 0 Å². The van der Waals surface area contributed by atoms with Gasteiger partial charge in [-0.15, -0.1) is 0 Å². The number of aliphatic carboxylic acids is 1. The first kappa shape index (κ1) is 29.8. The number of carbonyl (C=O) groups excluding carboxylic acids is 1. The van der Waals surface area contributed by atoms with Gasteiger partial charge in [0.15, 0.2) is 11.6 Å². The number of hydrogen-bond donors (Lipinski definition) is 2. The van der Waals surface area contributed by atoms with Crippen LogP contribution in [0, 0.1) is 5.92 Å². The molecule has 5 rings (SSSR count). The predicted molar refractivity (Wildman–Crippen MR) is 141 cm³/mol. The number of ether oxygens (including phenoxy) is 1. The van der Waals surface area contributed by atoms with Crippen LogP contribution in [0.5, 0.6) is 5.88 Å². The van der Waals surface area contributed by atoms with Crippen molar-refractivity contribution >= 4 is 17.6 Å². The Hall–Kier alpha value is -5.15. The summed E-state index contributed by atoms with van der Waals surface area (Å²) >= 11 is 0. The van der Waals surface area contributed by atoms with Gasteiger partial charge in [0.2, 0.25) is 11.8 Å². The molecule has 13 nitrogen and oxygen atoms in total. The summed E-state index contributed by atoms with van der Waals surface area (Å²) in [5.74, 6) is -2.27. The topological polar surface area (TPSA) is 167 Å². The summed E-state index contributed by atoms with van der Waals surface area (Å²) < 4.78 is 39.8. The van der Waals surface area contributed by atoms with Gasteiger partial charge < -0.3 is 15.2 Å². The second-order valence-corrected chi connectivity index (χ2v) is 9.14. The molecule has 0 spiro atoms. The van der Waals surface area contributed by atoms with Gasteiger partial charge in [-0.3, -0.25) is 19.6 Å². The van der Waals surface area contributed by atoms with Crippen LogP contribution in [0.1, 0.15) is 31.9 Å². The summed E-state index contributed by atoms with van der Waals surface area (Å²) in [7, 11) is 1.49. The number of hydrogen-bond acceptors (Lipinski definition) is 9. The van der Waals surface area contributed by atoms with Crippen molar-refractivity contribution in [3.05, 3.63) is 65.4 Å². The van der Waals surface area contributed by atoms with Crippen molar-refractivity contribution in [3.8, 4) is 28.8 Å². The minimum Gasteiger partial charge on any atom is -0.480 e. The fourth-order valence-electron chi connectivity index (χ4n) is 4.05. The van der Waals surface area contributed by atoms with E-state index in [0.717, 1.165) is 36.9 Å². The largest absolute Gasteiger partial charge is 0.490 e. The van der Waals surface area contributed by atoms with Crippen LogP contribution in [-0.4, -0.2) is 64.6 Å². The molecule has 0 radical (unpaired) electrons. The summed E-state index contributed by atoms with van der Waals surface area (Å²) in [6.45, 7) is 1.90. The van der Waals surface area contributed by atoms with E-state index < -0.39 is 12.1 Å². The van der Waals surface area contributed by atoms with E-state index in [1.165, 1.54) is 47.3 Å². The number of anilines is 1. The Kier molecular flexibility index (Phi) is 8.93. The average molecular weight is 587 g/mol. The smallest absolute Gasteiger partial charge is 0.480 e. The lowest BCUT2D eigenvalue weighted by Crippen LogP contribution is -2.25. The Morgan fingerprint density at radius 3 is 2.60 bits per heavy atom. The molecule has 0 aliphatic carbocycles. The molecule has 1 atom stereocenters. The Morgan fingerprint density at radius 1 is 1.14 bits per heavy atom. The molecule has 1 aliphatic rings. The Balaban J connectivity index is 0.000000517. The normalized spacial score (nSPS) is 15.2. The first-order chi connectivity index (χ1) is 20.0. The van der Waals surface area contributed by atoms with Crippen molar-refractivity contribution in [2.24, 2.45) is 5.92 Å². The van der Waals surface area contributed by atoms with E-state index in [4.69, 9.17) is 19.7 Å². The maximum atomic E-state index is 13.2. The molecule has 0 aromatic carbocycles. The van der Waals surface area contributed by atoms with Crippen molar-refractivity contribution in [1.29, 1.82) is 0 Å². The number of pyridine rings is 1. The van der Waals surface area contributed by atoms with Crippen molar-refractivity contribution < 1.29 is 32.6 Å². The molecule has 0 fully saturated rings. The van der Waals surface area contributed by atoms with Gasteiger partial charge >= 0.3 is 12.1 Å². The maximum absolute atomic E-state index is 13.2. The third-order valence-electron chi connectivity index (χ3n) is 6.19. The molecule has 220 valence electrons. The molecule has 1 aliphatic heterocycles. The molecule has 42 heavy (non-hydrogen) atoms. The lowest BCUT2D eigenvalue weighted by molar-refractivity contribution is -0.192. The quantitative estimate of drug-likeness (QED) is 0.364. The minimum absolute atomic E-state index is 0.157. The van der Waals surface area contributed by atoms with Crippen molar-refractivity contribution in [3.63, 3.8) is 0 Å². The van der Waals surface area contributed by atoms with Crippen LogP contribution in [0.2, 0.25) is 0 Å². The molecule has 1 unspecified atom stereocenters. The number of aromatic nitrogens is 7. The van der Waals surface area contributed by atoms with E-state index in [1.807, 2.05) is 19.1 Å². The number of fused-ring (bicyclic) bond motifs is 4. The third kappa shape index (κ3) is 6.76. The molecular weight excluding hydrogens is 561 g/mol. The molecule has 16 heteroatoms. The number of alkyl halides is 3. The van der Waals surface area contributed by atoms with Gasteiger partial charge in [0.05, 0.1) is 19.5 Å². The summed E-state index contributed by atoms with van der Waals surface area (Å²) in [6.07, 6.45) is 5.79. The first-order valence-corrected chi connectivity index (χ1v) is 12.6. The zero-order valence-electron chi connectivity index (χ0n) is 22.4. The molecule has 4 aromatic heterocycles. The molecule has 2 N–H and O–H groups in total. The predicted octanol–water partition coefficient (Wildman–Crippen LogP) is 3.21. The van der Waals surface area contributed by atoms with Gasteiger partial charge in [-0.25, -0.2) is 14.3 Å². The number of carboxylic acids is 1. The van der Waals surface area contributed by atoms with Gasteiger partial charge in [0.25, 0.3) is 5.56 Å². The van der Waals surface area contributed by atoms with E-state index in [0.29, 0.717) is 17.2 Å². The van der Waals surface area contributed by atoms with E-state index >= 15 is 0 Å². The van der Waals surface area contributed by atoms with E-state index in [2.05, 4.69) is 25.3 Å². The second-order valence-electron chi connectivity index (χ2n) is 9.14. The monoisotopic (exact) mass is 586 g/mol. The van der Waals surface area contributed by atoms with Crippen LogP contribution < -0.4 is 15.6 Å².